The van der Waals surface area contributed by atoms with Crippen molar-refractivity contribution in [2.24, 2.45) is 5.92 Å². The Balaban J connectivity index is 1.86. The van der Waals surface area contributed by atoms with Crippen LogP contribution < -0.4 is 0 Å². The average molecular weight is 299 g/mol. The lowest BCUT2D eigenvalue weighted by atomic mass is 9.94. The first kappa shape index (κ1) is 14.0. The minimum Gasteiger partial charge on any atom is -0.394 e. The van der Waals surface area contributed by atoms with Gasteiger partial charge in [-0.2, -0.15) is 9.40 Å². The van der Waals surface area contributed by atoms with E-state index in [9.17, 15) is 8.42 Å². The summed E-state index contributed by atoms with van der Waals surface area (Å²) in [5, 5.41) is 12.9. The first-order valence-electron chi connectivity index (χ1n) is 7.28. The number of aliphatic hydroxyl groups is 1. The standard InChI is InChI=1S/C13H21N3O3S/c17-8-7-15-10-12(9-14-15)20(18,19)16-6-2-4-11-3-1-5-13(11)16/h9-11,13,17H,1-8H2. The number of fused-ring (bicyclic) bond motifs is 1. The topological polar surface area (TPSA) is 75.4 Å². The summed E-state index contributed by atoms with van der Waals surface area (Å²) in [6, 6.07) is 0.176. The van der Waals surface area contributed by atoms with Gasteiger partial charge in [0.15, 0.2) is 0 Å². The van der Waals surface area contributed by atoms with Crippen LogP contribution in [0.5, 0.6) is 0 Å². The molecule has 1 saturated heterocycles. The van der Waals surface area contributed by atoms with E-state index in [-0.39, 0.29) is 17.5 Å². The third-order valence-electron chi connectivity index (χ3n) is 4.49. The van der Waals surface area contributed by atoms with E-state index in [4.69, 9.17) is 5.11 Å². The molecule has 0 aromatic carbocycles. The second-order valence-corrected chi connectivity index (χ2v) is 7.57. The lowest BCUT2D eigenvalue weighted by molar-refractivity contribution is 0.202. The number of aromatic nitrogens is 2. The molecule has 2 atom stereocenters. The Morgan fingerprint density at radius 2 is 2.10 bits per heavy atom. The molecule has 1 aliphatic carbocycles. The summed E-state index contributed by atoms with van der Waals surface area (Å²) in [5.41, 5.74) is 0. The molecule has 2 aliphatic rings. The zero-order valence-electron chi connectivity index (χ0n) is 11.5. The maximum atomic E-state index is 12.8. The summed E-state index contributed by atoms with van der Waals surface area (Å²) in [7, 11) is -3.45. The highest BCUT2D eigenvalue weighted by Gasteiger charge is 2.41. The molecule has 0 amide bonds. The maximum Gasteiger partial charge on any atom is 0.246 e. The van der Waals surface area contributed by atoms with E-state index in [1.807, 2.05) is 0 Å². The summed E-state index contributed by atoms with van der Waals surface area (Å²) in [6.45, 7) is 0.895. The Labute approximate surface area is 119 Å². The van der Waals surface area contributed by atoms with Crippen molar-refractivity contribution in [2.45, 2.75) is 49.6 Å². The number of aliphatic hydroxyl groups excluding tert-OH is 1. The predicted molar refractivity (Wildman–Crippen MR) is 73.6 cm³/mol. The molecule has 0 radical (unpaired) electrons. The van der Waals surface area contributed by atoms with E-state index < -0.39 is 10.0 Å². The van der Waals surface area contributed by atoms with Gasteiger partial charge in [-0.05, 0) is 31.6 Å². The number of nitrogens with zero attached hydrogens (tertiary/aromatic N) is 3. The van der Waals surface area contributed by atoms with Crippen LogP contribution in [-0.4, -0.2) is 46.8 Å². The molecule has 1 aliphatic heterocycles. The van der Waals surface area contributed by atoms with Crippen LogP contribution in [0.25, 0.3) is 0 Å². The fourth-order valence-corrected chi connectivity index (χ4v) is 5.25. The van der Waals surface area contributed by atoms with Gasteiger partial charge < -0.3 is 5.11 Å². The molecular formula is C13H21N3O3S. The van der Waals surface area contributed by atoms with Crippen molar-refractivity contribution in [3.05, 3.63) is 12.4 Å². The molecule has 1 N–H and O–H groups in total. The Hall–Kier alpha value is -0.920. The first-order valence-corrected chi connectivity index (χ1v) is 8.72. The van der Waals surface area contributed by atoms with Crippen molar-refractivity contribution >= 4 is 10.0 Å². The smallest absolute Gasteiger partial charge is 0.246 e. The van der Waals surface area contributed by atoms with Gasteiger partial charge in [0, 0.05) is 18.8 Å². The molecule has 7 heteroatoms. The van der Waals surface area contributed by atoms with Gasteiger partial charge >= 0.3 is 0 Å². The number of hydrogen-bond acceptors (Lipinski definition) is 4. The maximum absolute atomic E-state index is 12.8. The van der Waals surface area contributed by atoms with Crippen LogP contribution in [0, 0.1) is 5.92 Å². The van der Waals surface area contributed by atoms with Gasteiger partial charge in [-0.1, -0.05) is 6.42 Å². The zero-order chi connectivity index (χ0) is 14.2. The number of hydrogen-bond donors (Lipinski definition) is 1. The Bertz CT molecular complexity index is 569. The van der Waals surface area contributed by atoms with Crippen molar-refractivity contribution < 1.29 is 13.5 Å². The molecule has 3 rings (SSSR count). The van der Waals surface area contributed by atoms with Crippen molar-refractivity contribution in [3.8, 4) is 0 Å². The highest BCUT2D eigenvalue weighted by atomic mass is 32.2. The summed E-state index contributed by atoms with van der Waals surface area (Å²) in [5.74, 6) is 0.533. The van der Waals surface area contributed by atoms with Crippen LogP contribution in [0.1, 0.15) is 32.1 Å². The van der Waals surface area contributed by atoms with Crippen LogP contribution in [0.4, 0.5) is 0 Å². The van der Waals surface area contributed by atoms with Crippen molar-refractivity contribution in [3.63, 3.8) is 0 Å². The third-order valence-corrected chi connectivity index (χ3v) is 6.36. The highest BCUT2D eigenvalue weighted by molar-refractivity contribution is 7.89. The van der Waals surface area contributed by atoms with E-state index in [0.29, 0.717) is 19.0 Å². The quantitative estimate of drug-likeness (QED) is 0.893. The van der Waals surface area contributed by atoms with E-state index in [0.717, 1.165) is 32.1 Å². The molecule has 2 fully saturated rings. The molecule has 1 aromatic heterocycles. The molecule has 1 aromatic rings. The molecule has 2 heterocycles. The summed E-state index contributed by atoms with van der Waals surface area (Å²) in [6.07, 6.45) is 8.28. The minimum absolute atomic E-state index is 0.0461. The van der Waals surface area contributed by atoms with E-state index >= 15 is 0 Å². The summed E-state index contributed by atoms with van der Waals surface area (Å²) < 4.78 is 28.7. The van der Waals surface area contributed by atoms with E-state index in [2.05, 4.69) is 5.10 Å². The Morgan fingerprint density at radius 3 is 2.90 bits per heavy atom. The van der Waals surface area contributed by atoms with Crippen molar-refractivity contribution in [1.29, 1.82) is 0 Å². The van der Waals surface area contributed by atoms with Gasteiger partial charge in [0.1, 0.15) is 4.90 Å². The zero-order valence-corrected chi connectivity index (χ0v) is 12.3. The lowest BCUT2D eigenvalue weighted by Crippen LogP contribution is -2.45. The number of sulfonamides is 1. The molecule has 20 heavy (non-hydrogen) atoms. The van der Waals surface area contributed by atoms with Crippen molar-refractivity contribution in [2.75, 3.05) is 13.2 Å². The molecule has 112 valence electrons. The highest BCUT2D eigenvalue weighted by Crippen LogP contribution is 2.39. The first-order chi connectivity index (χ1) is 9.63. The lowest BCUT2D eigenvalue weighted by Gasteiger charge is -2.36. The number of piperidine rings is 1. The molecule has 2 unspecified atom stereocenters. The molecular weight excluding hydrogens is 278 g/mol. The van der Waals surface area contributed by atoms with Gasteiger partial charge in [0.25, 0.3) is 0 Å². The normalized spacial score (nSPS) is 27.6. The fourth-order valence-electron chi connectivity index (χ4n) is 3.54. The third kappa shape index (κ3) is 2.38. The van der Waals surface area contributed by atoms with Crippen LogP contribution in [-0.2, 0) is 16.6 Å². The fraction of sp³-hybridized carbons (Fsp3) is 0.769. The average Bonchev–Trinajstić information content (AvgIpc) is 3.06. The molecule has 6 nitrogen and oxygen atoms in total. The predicted octanol–water partition coefficient (Wildman–Crippen LogP) is 0.829. The van der Waals surface area contributed by atoms with Gasteiger partial charge in [-0.3, -0.25) is 4.68 Å². The Morgan fingerprint density at radius 1 is 1.30 bits per heavy atom. The van der Waals surface area contributed by atoms with Gasteiger partial charge in [-0.15, -0.1) is 0 Å². The molecule has 0 spiro atoms. The molecule has 0 bridgehead atoms. The van der Waals surface area contributed by atoms with E-state index in [1.54, 1.807) is 4.31 Å². The second kappa shape index (κ2) is 5.46. The van der Waals surface area contributed by atoms with Crippen LogP contribution in [0.2, 0.25) is 0 Å². The van der Waals surface area contributed by atoms with Crippen LogP contribution >= 0.6 is 0 Å². The van der Waals surface area contributed by atoms with Gasteiger partial charge in [-0.25, -0.2) is 8.42 Å². The van der Waals surface area contributed by atoms with Crippen LogP contribution in [0.3, 0.4) is 0 Å². The Kier molecular flexibility index (Phi) is 3.83. The van der Waals surface area contributed by atoms with Crippen LogP contribution in [0.15, 0.2) is 17.3 Å². The largest absolute Gasteiger partial charge is 0.394 e. The van der Waals surface area contributed by atoms with Gasteiger partial charge in [0.05, 0.1) is 19.3 Å². The molecule has 1 saturated carbocycles. The van der Waals surface area contributed by atoms with E-state index in [1.165, 1.54) is 17.1 Å². The summed E-state index contributed by atoms with van der Waals surface area (Å²) in [4.78, 5) is 0.249. The summed E-state index contributed by atoms with van der Waals surface area (Å²) >= 11 is 0. The van der Waals surface area contributed by atoms with Crippen molar-refractivity contribution in [1.82, 2.24) is 14.1 Å². The second-order valence-electron chi connectivity index (χ2n) is 5.68. The minimum atomic E-state index is -3.45. The van der Waals surface area contributed by atoms with Gasteiger partial charge in [0.2, 0.25) is 10.0 Å². The SMILES string of the molecule is O=S(=O)(c1cnn(CCO)c1)N1CCCC2CCCC21. The monoisotopic (exact) mass is 299 g/mol. The number of rotatable bonds is 4.